The second-order valence-corrected chi connectivity index (χ2v) is 5.81. The van der Waals surface area contributed by atoms with Crippen molar-refractivity contribution in [2.75, 3.05) is 18.1 Å². The third-order valence-corrected chi connectivity index (χ3v) is 3.98. The first-order valence-electron chi connectivity index (χ1n) is 7.14. The van der Waals surface area contributed by atoms with Crippen LogP contribution in [0.4, 0.5) is 11.6 Å². The molecule has 0 bridgehead atoms. The van der Waals surface area contributed by atoms with Crippen molar-refractivity contribution in [3.05, 3.63) is 57.4 Å². The van der Waals surface area contributed by atoms with Gasteiger partial charge in [0, 0.05) is 5.02 Å². The smallest absolute Gasteiger partial charge is 0.305 e. The molecule has 1 aromatic heterocycles. The Morgan fingerprint density at radius 3 is 2.78 bits per heavy atom. The summed E-state index contributed by atoms with van der Waals surface area (Å²) >= 11 is 6.04. The molecule has 23 heavy (non-hydrogen) atoms. The highest BCUT2D eigenvalue weighted by atomic mass is 35.5. The molecule has 0 saturated carbocycles. The van der Waals surface area contributed by atoms with E-state index in [1.165, 1.54) is 12.4 Å². The molecule has 2 heterocycles. The lowest BCUT2D eigenvalue weighted by Crippen LogP contribution is -2.46. The molecule has 0 aliphatic carbocycles. The van der Waals surface area contributed by atoms with Gasteiger partial charge in [-0.15, -0.1) is 0 Å². The van der Waals surface area contributed by atoms with Gasteiger partial charge in [-0.2, -0.15) is 0 Å². The highest BCUT2D eigenvalue weighted by Gasteiger charge is 2.29. The first-order chi connectivity index (χ1) is 11.0. The van der Waals surface area contributed by atoms with Gasteiger partial charge in [0.2, 0.25) is 5.95 Å². The first-order valence-corrected chi connectivity index (χ1v) is 7.52. The molecule has 1 aliphatic rings. The highest BCUT2D eigenvalue weighted by Crippen LogP contribution is 2.28. The topological polar surface area (TPSA) is 81.4 Å². The van der Waals surface area contributed by atoms with Gasteiger partial charge in [-0.1, -0.05) is 23.7 Å². The quantitative estimate of drug-likeness (QED) is 0.634. The number of nitro groups is 1. The second-order valence-electron chi connectivity index (χ2n) is 5.38. The van der Waals surface area contributed by atoms with Gasteiger partial charge in [-0.05, 0) is 24.6 Å². The molecule has 0 spiro atoms. The summed E-state index contributed by atoms with van der Waals surface area (Å²) in [4.78, 5) is 20.4. The molecule has 1 aromatic carbocycles. The molecular formula is C15H15ClN4O3. The van der Waals surface area contributed by atoms with Crippen molar-refractivity contribution >= 4 is 23.2 Å². The molecule has 120 valence electrons. The molecule has 0 N–H and O–H groups in total. The molecule has 0 amide bonds. The Balaban J connectivity index is 1.82. The molecule has 0 unspecified atom stereocenters. The summed E-state index contributed by atoms with van der Waals surface area (Å²) in [6.07, 6.45) is 2.29. The molecular weight excluding hydrogens is 320 g/mol. The molecule has 3 rings (SSSR count). The van der Waals surface area contributed by atoms with E-state index >= 15 is 0 Å². The van der Waals surface area contributed by atoms with E-state index in [1.807, 2.05) is 36.1 Å². The van der Waals surface area contributed by atoms with Crippen LogP contribution in [-0.4, -0.2) is 34.1 Å². The zero-order chi connectivity index (χ0) is 16.4. The van der Waals surface area contributed by atoms with Gasteiger partial charge in [-0.25, -0.2) is 9.97 Å². The summed E-state index contributed by atoms with van der Waals surface area (Å²) in [5, 5.41) is 11.4. The van der Waals surface area contributed by atoms with Crippen LogP contribution >= 0.6 is 11.6 Å². The minimum absolute atomic E-state index is 0.0758. The first kappa shape index (κ1) is 15.6. The Kier molecular flexibility index (Phi) is 4.40. The maximum atomic E-state index is 10.7. The van der Waals surface area contributed by atoms with Gasteiger partial charge >= 0.3 is 5.69 Å². The van der Waals surface area contributed by atoms with Crippen molar-refractivity contribution in [3.63, 3.8) is 0 Å². The van der Waals surface area contributed by atoms with Crippen LogP contribution in [0.25, 0.3) is 0 Å². The van der Waals surface area contributed by atoms with Crippen molar-refractivity contribution in [1.82, 2.24) is 9.97 Å². The molecule has 1 fully saturated rings. The number of morpholine rings is 1. The minimum Gasteiger partial charge on any atom is -0.370 e. The fourth-order valence-corrected chi connectivity index (χ4v) is 2.70. The van der Waals surface area contributed by atoms with E-state index in [2.05, 4.69) is 9.97 Å². The van der Waals surface area contributed by atoms with Crippen LogP contribution in [0.1, 0.15) is 18.6 Å². The third kappa shape index (κ3) is 3.40. The van der Waals surface area contributed by atoms with Gasteiger partial charge in [0.05, 0.1) is 24.1 Å². The molecule has 0 radical (unpaired) electrons. The van der Waals surface area contributed by atoms with Crippen LogP contribution < -0.4 is 4.90 Å². The minimum atomic E-state index is -0.513. The largest absolute Gasteiger partial charge is 0.370 e. The second kappa shape index (κ2) is 6.47. The number of halogens is 1. The van der Waals surface area contributed by atoms with Crippen molar-refractivity contribution in [2.24, 2.45) is 0 Å². The summed E-state index contributed by atoms with van der Waals surface area (Å²) in [5.74, 6) is 0.457. The summed E-state index contributed by atoms with van der Waals surface area (Å²) < 4.78 is 5.88. The average molecular weight is 335 g/mol. The monoisotopic (exact) mass is 334 g/mol. The number of rotatable bonds is 3. The lowest BCUT2D eigenvalue weighted by Gasteiger charge is -2.38. The Labute approximate surface area is 138 Å². The van der Waals surface area contributed by atoms with Crippen LogP contribution in [-0.2, 0) is 4.74 Å². The van der Waals surface area contributed by atoms with Gasteiger partial charge in [-0.3, -0.25) is 10.1 Å². The molecule has 8 heteroatoms. The van der Waals surface area contributed by atoms with Crippen LogP contribution in [0.15, 0.2) is 36.7 Å². The Hall–Kier alpha value is -2.25. The Bertz CT molecular complexity index is 710. The van der Waals surface area contributed by atoms with Crippen LogP contribution in [0.2, 0.25) is 5.02 Å². The number of benzene rings is 1. The highest BCUT2D eigenvalue weighted by molar-refractivity contribution is 6.30. The maximum absolute atomic E-state index is 10.7. The number of aromatic nitrogens is 2. The normalized spacial score (nSPS) is 21.2. The van der Waals surface area contributed by atoms with Crippen molar-refractivity contribution in [3.8, 4) is 0 Å². The average Bonchev–Trinajstić information content (AvgIpc) is 2.55. The van der Waals surface area contributed by atoms with Gasteiger partial charge < -0.3 is 9.64 Å². The standard InChI is InChI=1S/C15H15ClN4O3/c1-10-9-23-14(11-3-2-4-12(16)5-11)8-19(10)15-17-6-13(7-18-15)20(21)22/h2-7,10,14H,8-9H2,1H3/t10-,14+/m0/s1. The molecule has 1 aliphatic heterocycles. The Morgan fingerprint density at radius 1 is 1.39 bits per heavy atom. The number of hydrogen-bond donors (Lipinski definition) is 0. The van der Waals surface area contributed by atoms with E-state index in [9.17, 15) is 10.1 Å². The maximum Gasteiger partial charge on any atom is 0.305 e. The van der Waals surface area contributed by atoms with Crippen molar-refractivity contribution in [1.29, 1.82) is 0 Å². The summed E-state index contributed by atoms with van der Waals surface area (Å²) in [6, 6.07) is 7.60. The summed E-state index contributed by atoms with van der Waals surface area (Å²) in [6.45, 7) is 3.07. The van der Waals surface area contributed by atoms with E-state index in [-0.39, 0.29) is 17.8 Å². The molecule has 7 nitrogen and oxygen atoms in total. The molecule has 2 atom stereocenters. The number of anilines is 1. The predicted octanol–water partition coefficient (Wildman–Crippen LogP) is 3.00. The lowest BCUT2D eigenvalue weighted by atomic mass is 10.1. The van der Waals surface area contributed by atoms with Gasteiger partial charge in [0.1, 0.15) is 18.5 Å². The number of hydrogen-bond acceptors (Lipinski definition) is 6. The summed E-state index contributed by atoms with van der Waals surface area (Å²) in [5.41, 5.74) is 0.859. The van der Waals surface area contributed by atoms with Crippen molar-refractivity contribution in [2.45, 2.75) is 19.1 Å². The molecule has 1 saturated heterocycles. The van der Waals surface area contributed by atoms with E-state index < -0.39 is 4.92 Å². The zero-order valence-corrected chi connectivity index (χ0v) is 13.2. The SMILES string of the molecule is C[C@H]1CO[C@@H](c2cccc(Cl)c2)CN1c1ncc([N+](=O)[O-])cn1. The van der Waals surface area contributed by atoms with Crippen LogP contribution in [0.5, 0.6) is 0 Å². The molecule has 2 aromatic rings. The van der Waals surface area contributed by atoms with E-state index in [1.54, 1.807) is 0 Å². The third-order valence-electron chi connectivity index (χ3n) is 3.75. The fraction of sp³-hybridized carbons (Fsp3) is 0.333. The lowest BCUT2D eigenvalue weighted by molar-refractivity contribution is -0.385. The fourth-order valence-electron chi connectivity index (χ4n) is 2.50. The van der Waals surface area contributed by atoms with E-state index in [0.29, 0.717) is 24.1 Å². The van der Waals surface area contributed by atoms with E-state index in [0.717, 1.165) is 5.56 Å². The Morgan fingerprint density at radius 2 is 2.13 bits per heavy atom. The number of nitrogens with zero attached hydrogens (tertiary/aromatic N) is 4. The van der Waals surface area contributed by atoms with E-state index in [4.69, 9.17) is 16.3 Å². The van der Waals surface area contributed by atoms with Crippen LogP contribution in [0, 0.1) is 10.1 Å². The predicted molar refractivity (Wildman–Crippen MR) is 85.6 cm³/mol. The summed E-state index contributed by atoms with van der Waals surface area (Å²) in [7, 11) is 0. The zero-order valence-electron chi connectivity index (χ0n) is 12.4. The number of ether oxygens (including phenoxy) is 1. The van der Waals surface area contributed by atoms with Gasteiger partial charge in [0.25, 0.3) is 0 Å². The van der Waals surface area contributed by atoms with Gasteiger partial charge in [0.15, 0.2) is 0 Å². The van der Waals surface area contributed by atoms with Crippen LogP contribution in [0.3, 0.4) is 0 Å². The van der Waals surface area contributed by atoms with Crippen molar-refractivity contribution < 1.29 is 9.66 Å².